The monoisotopic (exact) mass is 369 g/mol. The fourth-order valence-corrected chi connectivity index (χ4v) is 3.96. The lowest BCUT2D eigenvalue weighted by Crippen LogP contribution is -2.39. The average molecular weight is 369 g/mol. The van der Waals surface area contributed by atoms with E-state index in [1.54, 1.807) is 0 Å². The molecule has 27 heavy (non-hydrogen) atoms. The lowest BCUT2D eigenvalue weighted by atomic mass is 9.96. The molecular weight excluding hydrogens is 342 g/mol. The second-order valence-corrected chi connectivity index (χ2v) is 7.38. The predicted octanol–water partition coefficient (Wildman–Crippen LogP) is 1.67. The molecule has 1 aromatic heterocycles. The Morgan fingerprint density at radius 2 is 1.93 bits per heavy atom. The van der Waals surface area contributed by atoms with Crippen LogP contribution in [0.1, 0.15) is 40.8 Å². The minimum Gasteiger partial charge on any atom is -0.379 e. The number of nitrogens with zero attached hydrogens (tertiary/aromatic N) is 5. The highest BCUT2D eigenvalue weighted by molar-refractivity contribution is 5.94. The molecule has 1 atom stereocenters. The molecule has 144 valence electrons. The maximum Gasteiger partial charge on any atom is 0.253 e. The Labute approximate surface area is 159 Å². The lowest BCUT2D eigenvalue weighted by Gasteiger charge is -2.32. The maximum absolute atomic E-state index is 12.8. The number of carbonyl (C=O) groups excluding carboxylic acids is 1. The lowest BCUT2D eigenvalue weighted by molar-refractivity contribution is 0.0326. The molecule has 0 N–H and O–H groups in total. The van der Waals surface area contributed by atoms with Crippen LogP contribution >= 0.6 is 0 Å². The number of amides is 1. The zero-order chi connectivity index (χ0) is 18.6. The Morgan fingerprint density at radius 3 is 2.70 bits per heavy atom. The highest BCUT2D eigenvalue weighted by Gasteiger charge is 2.29. The maximum atomic E-state index is 12.8. The Balaban J connectivity index is 1.44. The summed E-state index contributed by atoms with van der Waals surface area (Å²) in [6, 6.07) is 9.53. The Bertz CT molecular complexity index is 770. The number of piperidine rings is 1. The quantitative estimate of drug-likeness (QED) is 0.820. The van der Waals surface area contributed by atoms with Crippen molar-refractivity contribution >= 4 is 5.91 Å². The van der Waals surface area contributed by atoms with Crippen molar-refractivity contribution < 1.29 is 9.53 Å². The molecule has 1 amide bonds. The summed E-state index contributed by atoms with van der Waals surface area (Å²) in [5.41, 5.74) is 0.754. The van der Waals surface area contributed by atoms with Gasteiger partial charge in [-0.3, -0.25) is 9.69 Å². The number of benzene rings is 1. The van der Waals surface area contributed by atoms with E-state index in [2.05, 4.69) is 19.7 Å². The normalized spacial score (nSPS) is 21.4. The Kier molecular flexibility index (Phi) is 5.50. The van der Waals surface area contributed by atoms with Crippen molar-refractivity contribution in [2.75, 3.05) is 39.4 Å². The molecule has 2 fully saturated rings. The number of rotatable bonds is 4. The Morgan fingerprint density at radius 1 is 1.15 bits per heavy atom. The summed E-state index contributed by atoms with van der Waals surface area (Å²) in [7, 11) is 2.04. The SMILES string of the molecule is Cn1c(CN2CCOCC2)nnc1[C@@H]1CCCN(C(=O)c2ccccc2)C1. The van der Waals surface area contributed by atoms with Crippen LogP contribution in [-0.4, -0.2) is 69.9 Å². The van der Waals surface area contributed by atoms with Crippen LogP contribution < -0.4 is 0 Å². The van der Waals surface area contributed by atoms with Crippen LogP contribution in [0.15, 0.2) is 30.3 Å². The summed E-state index contributed by atoms with van der Waals surface area (Å²) in [4.78, 5) is 17.1. The summed E-state index contributed by atoms with van der Waals surface area (Å²) in [5.74, 6) is 2.32. The second-order valence-electron chi connectivity index (χ2n) is 7.38. The molecule has 0 bridgehead atoms. The van der Waals surface area contributed by atoms with Crippen molar-refractivity contribution in [3.05, 3.63) is 47.5 Å². The first-order valence-electron chi connectivity index (χ1n) is 9.75. The van der Waals surface area contributed by atoms with Gasteiger partial charge in [0.1, 0.15) is 11.6 Å². The van der Waals surface area contributed by atoms with Crippen LogP contribution in [0.25, 0.3) is 0 Å². The van der Waals surface area contributed by atoms with Crippen LogP contribution in [0.5, 0.6) is 0 Å². The summed E-state index contributed by atoms with van der Waals surface area (Å²) < 4.78 is 7.54. The average Bonchev–Trinajstić information content (AvgIpc) is 3.09. The summed E-state index contributed by atoms with van der Waals surface area (Å²) >= 11 is 0. The molecular formula is C20H27N5O2. The van der Waals surface area contributed by atoms with Gasteiger partial charge in [0.2, 0.25) is 0 Å². The van der Waals surface area contributed by atoms with Crippen LogP contribution in [-0.2, 0) is 18.3 Å². The van der Waals surface area contributed by atoms with Gasteiger partial charge in [-0.15, -0.1) is 10.2 Å². The van der Waals surface area contributed by atoms with E-state index in [0.29, 0.717) is 6.54 Å². The summed E-state index contributed by atoms with van der Waals surface area (Å²) in [5, 5.41) is 8.93. The first kappa shape index (κ1) is 18.1. The standard InChI is InChI=1S/C20H27N5O2/c1-23-18(15-24-10-12-27-13-11-24)21-22-19(23)17-8-5-9-25(14-17)20(26)16-6-3-2-4-7-16/h2-4,6-7,17H,5,8-15H2,1H3/t17-/m1/s1. The number of hydrogen-bond donors (Lipinski definition) is 0. The van der Waals surface area contributed by atoms with Gasteiger partial charge in [0, 0.05) is 44.7 Å². The van der Waals surface area contributed by atoms with Crippen molar-refractivity contribution in [1.29, 1.82) is 0 Å². The van der Waals surface area contributed by atoms with Gasteiger partial charge in [0.05, 0.1) is 19.8 Å². The molecule has 3 heterocycles. The van der Waals surface area contributed by atoms with Crippen molar-refractivity contribution in [3.63, 3.8) is 0 Å². The smallest absolute Gasteiger partial charge is 0.253 e. The fraction of sp³-hybridized carbons (Fsp3) is 0.550. The highest BCUT2D eigenvalue weighted by Crippen LogP contribution is 2.27. The predicted molar refractivity (Wildman–Crippen MR) is 101 cm³/mol. The van der Waals surface area contributed by atoms with Crippen molar-refractivity contribution in [3.8, 4) is 0 Å². The molecule has 2 saturated heterocycles. The van der Waals surface area contributed by atoms with E-state index < -0.39 is 0 Å². The number of hydrogen-bond acceptors (Lipinski definition) is 5. The largest absolute Gasteiger partial charge is 0.379 e. The van der Waals surface area contributed by atoms with E-state index in [1.807, 2.05) is 42.3 Å². The minimum atomic E-state index is 0.107. The molecule has 0 unspecified atom stereocenters. The van der Waals surface area contributed by atoms with Gasteiger partial charge in [-0.05, 0) is 25.0 Å². The first-order chi connectivity index (χ1) is 13.2. The molecule has 0 radical (unpaired) electrons. The van der Waals surface area contributed by atoms with E-state index >= 15 is 0 Å². The molecule has 2 aliphatic rings. The first-order valence-corrected chi connectivity index (χ1v) is 9.75. The molecule has 0 aliphatic carbocycles. The summed E-state index contributed by atoms with van der Waals surface area (Å²) in [6.45, 7) is 5.75. The highest BCUT2D eigenvalue weighted by atomic mass is 16.5. The molecule has 7 nitrogen and oxygen atoms in total. The number of carbonyl (C=O) groups is 1. The van der Waals surface area contributed by atoms with E-state index in [4.69, 9.17) is 4.74 Å². The molecule has 2 aliphatic heterocycles. The zero-order valence-electron chi connectivity index (χ0n) is 15.9. The van der Waals surface area contributed by atoms with Crippen LogP contribution in [0.3, 0.4) is 0 Å². The van der Waals surface area contributed by atoms with Crippen LogP contribution in [0.2, 0.25) is 0 Å². The van der Waals surface area contributed by atoms with E-state index in [9.17, 15) is 4.79 Å². The fourth-order valence-electron chi connectivity index (χ4n) is 3.96. The van der Waals surface area contributed by atoms with Crippen molar-refractivity contribution in [1.82, 2.24) is 24.6 Å². The van der Waals surface area contributed by atoms with Gasteiger partial charge in [-0.1, -0.05) is 18.2 Å². The number of aromatic nitrogens is 3. The number of morpholine rings is 1. The van der Waals surface area contributed by atoms with Gasteiger partial charge in [-0.25, -0.2) is 0 Å². The number of likely N-dealkylation sites (tertiary alicyclic amines) is 1. The van der Waals surface area contributed by atoms with Gasteiger partial charge in [0.15, 0.2) is 0 Å². The topological polar surface area (TPSA) is 63.5 Å². The third-order valence-electron chi connectivity index (χ3n) is 5.56. The third-order valence-corrected chi connectivity index (χ3v) is 5.56. The van der Waals surface area contributed by atoms with E-state index in [1.165, 1.54) is 0 Å². The molecule has 2 aromatic rings. The summed E-state index contributed by atoms with van der Waals surface area (Å²) in [6.07, 6.45) is 2.04. The van der Waals surface area contributed by atoms with Crippen LogP contribution in [0, 0.1) is 0 Å². The number of ether oxygens (including phenoxy) is 1. The van der Waals surface area contributed by atoms with Gasteiger partial charge < -0.3 is 14.2 Å². The van der Waals surface area contributed by atoms with Gasteiger partial charge in [0.25, 0.3) is 5.91 Å². The molecule has 4 rings (SSSR count). The van der Waals surface area contributed by atoms with E-state index in [-0.39, 0.29) is 11.8 Å². The molecule has 0 saturated carbocycles. The van der Waals surface area contributed by atoms with Crippen molar-refractivity contribution in [2.45, 2.75) is 25.3 Å². The third kappa shape index (κ3) is 4.04. The molecule has 1 aromatic carbocycles. The van der Waals surface area contributed by atoms with Crippen molar-refractivity contribution in [2.24, 2.45) is 7.05 Å². The van der Waals surface area contributed by atoms with E-state index in [0.717, 1.165) is 69.4 Å². The van der Waals surface area contributed by atoms with Gasteiger partial charge >= 0.3 is 0 Å². The van der Waals surface area contributed by atoms with Crippen LogP contribution in [0.4, 0.5) is 0 Å². The van der Waals surface area contributed by atoms with Gasteiger partial charge in [-0.2, -0.15) is 0 Å². The zero-order valence-corrected chi connectivity index (χ0v) is 15.9. The molecule has 7 heteroatoms. The molecule has 0 spiro atoms. The minimum absolute atomic E-state index is 0.107. The Hall–Kier alpha value is -2.25. The second kappa shape index (κ2) is 8.19.